The van der Waals surface area contributed by atoms with E-state index >= 15 is 0 Å². The summed E-state index contributed by atoms with van der Waals surface area (Å²) >= 11 is 0. The van der Waals surface area contributed by atoms with E-state index < -0.39 is 8.60 Å². The van der Waals surface area contributed by atoms with Gasteiger partial charge >= 0.3 is 8.60 Å². The van der Waals surface area contributed by atoms with Crippen LogP contribution in [0.5, 0.6) is 0 Å². The third-order valence-electron chi connectivity index (χ3n) is 5.25. The van der Waals surface area contributed by atoms with Crippen molar-refractivity contribution in [3.8, 4) is 0 Å². The van der Waals surface area contributed by atoms with E-state index in [2.05, 4.69) is 13.8 Å². The molecule has 0 fully saturated rings. The smallest absolute Gasteiger partial charge is 0.327 e. The van der Waals surface area contributed by atoms with Gasteiger partial charge in [0.2, 0.25) is 0 Å². The summed E-state index contributed by atoms with van der Waals surface area (Å²) in [6.45, 7) is 4.51. The quantitative estimate of drug-likeness (QED) is 0.154. The van der Waals surface area contributed by atoms with Crippen LogP contribution in [0, 0.1) is 0 Å². The van der Waals surface area contributed by atoms with Crippen LogP contribution in [0.3, 0.4) is 0 Å². The molecule has 0 amide bonds. The van der Waals surface area contributed by atoms with Crippen molar-refractivity contribution in [3.05, 3.63) is 0 Å². The van der Waals surface area contributed by atoms with E-state index in [1.54, 1.807) is 0 Å². The molecule has 4 heteroatoms. The molecule has 3 nitrogen and oxygen atoms in total. The highest BCUT2D eigenvalue weighted by atomic mass is 31.2. The fraction of sp³-hybridized carbons (Fsp3) is 1.00. The standard InChI is InChI=1S/C22H47O3P/c1-3-5-7-9-11-12-13-15-17-19-21-22(25-26(23)24)20-18-16-14-10-8-6-4-2/h22-24H,3-21H2,1-2H3. The Hall–Kier alpha value is 0.310. The minimum atomic E-state index is -2.21. The molecule has 26 heavy (non-hydrogen) atoms. The van der Waals surface area contributed by atoms with E-state index in [4.69, 9.17) is 4.52 Å². The highest BCUT2D eigenvalue weighted by Gasteiger charge is 2.13. The lowest BCUT2D eigenvalue weighted by Crippen LogP contribution is -2.10. The van der Waals surface area contributed by atoms with E-state index in [-0.39, 0.29) is 6.10 Å². The maximum atomic E-state index is 9.18. The largest absolute Gasteiger partial charge is 0.328 e. The molecule has 2 N–H and O–H groups in total. The van der Waals surface area contributed by atoms with Crippen LogP contribution in [-0.4, -0.2) is 15.9 Å². The van der Waals surface area contributed by atoms with Crippen molar-refractivity contribution in [2.24, 2.45) is 0 Å². The molecule has 0 spiro atoms. The van der Waals surface area contributed by atoms with Crippen molar-refractivity contribution < 1.29 is 14.3 Å². The van der Waals surface area contributed by atoms with Crippen molar-refractivity contribution in [3.63, 3.8) is 0 Å². The maximum absolute atomic E-state index is 9.18. The molecule has 0 saturated heterocycles. The molecule has 0 bridgehead atoms. The van der Waals surface area contributed by atoms with Gasteiger partial charge in [0.15, 0.2) is 0 Å². The Balaban J connectivity index is 3.55. The van der Waals surface area contributed by atoms with Gasteiger partial charge in [-0.15, -0.1) is 0 Å². The predicted molar refractivity (Wildman–Crippen MR) is 115 cm³/mol. The second-order valence-corrected chi connectivity index (χ2v) is 8.58. The molecule has 1 atom stereocenters. The monoisotopic (exact) mass is 390 g/mol. The van der Waals surface area contributed by atoms with Gasteiger partial charge in [-0.05, 0) is 12.8 Å². The van der Waals surface area contributed by atoms with Gasteiger partial charge in [0.1, 0.15) is 0 Å². The normalized spacial score (nSPS) is 12.8. The minimum Gasteiger partial charge on any atom is -0.328 e. The summed E-state index contributed by atoms with van der Waals surface area (Å²) in [5.74, 6) is 0. The molecule has 0 aliphatic heterocycles. The topological polar surface area (TPSA) is 49.7 Å². The van der Waals surface area contributed by atoms with Gasteiger partial charge in [0.05, 0.1) is 6.10 Å². The number of hydrogen-bond donors (Lipinski definition) is 2. The van der Waals surface area contributed by atoms with Crippen LogP contribution in [0.1, 0.15) is 136 Å². The van der Waals surface area contributed by atoms with Crippen molar-refractivity contribution in [2.75, 3.05) is 0 Å². The molecule has 0 rings (SSSR count). The Bertz CT molecular complexity index is 262. The lowest BCUT2D eigenvalue weighted by molar-refractivity contribution is 0.147. The highest BCUT2D eigenvalue weighted by Crippen LogP contribution is 2.31. The first-order valence-electron chi connectivity index (χ1n) is 11.5. The molecule has 0 radical (unpaired) electrons. The Morgan fingerprint density at radius 3 is 1.15 bits per heavy atom. The van der Waals surface area contributed by atoms with E-state index in [0.717, 1.165) is 25.7 Å². The Labute approximate surface area is 165 Å². The zero-order chi connectivity index (χ0) is 19.3. The predicted octanol–water partition coefficient (Wildman–Crippen LogP) is 8.03. The van der Waals surface area contributed by atoms with Crippen LogP contribution in [-0.2, 0) is 4.52 Å². The summed E-state index contributed by atoms with van der Waals surface area (Å²) < 4.78 is 5.35. The van der Waals surface area contributed by atoms with Crippen LogP contribution < -0.4 is 0 Å². The molecule has 0 aromatic rings. The summed E-state index contributed by atoms with van der Waals surface area (Å²) in [5.41, 5.74) is 0. The van der Waals surface area contributed by atoms with Gasteiger partial charge in [-0.25, -0.2) is 0 Å². The summed E-state index contributed by atoms with van der Waals surface area (Å²) in [7, 11) is -2.21. The van der Waals surface area contributed by atoms with Crippen molar-refractivity contribution in [1.29, 1.82) is 0 Å². The van der Waals surface area contributed by atoms with Crippen molar-refractivity contribution in [1.82, 2.24) is 0 Å². The highest BCUT2D eigenvalue weighted by molar-refractivity contribution is 7.39. The first-order chi connectivity index (χ1) is 12.7. The van der Waals surface area contributed by atoms with E-state index in [1.807, 2.05) is 0 Å². The third kappa shape index (κ3) is 20.6. The lowest BCUT2D eigenvalue weighted by atomic mass is 10.0. The molecule has 0 aromatic heterocycles. The van der Waals surface area contributed by atoms with Gasteiger partial charge in [0.25, 0.3) is 0 Å². The average Bonchev–Trinajstić information content (AvgIpc) is 2.61. The zero-order valence-corrected chi connectivity index (χ0v) is 18.7. The first kappa shape index (κ1) is 26.3. The molecule has 0 saturated carbocycles. The molecule has 0 heterocycles. The number of unbranched alkanes of at least 4 members (excludes halogenated alkanes) is 15. The van der Waals surface area contributed by atoms with Gasteiger partial charge in [-0.1, -0.05) is 123 Å². The second kappa shape index (κ2) is 21.6. The van der Waals surface area contributed by atoms with Gasteiger partial charge in [-0.2, -0.15) is 0 Å². The fourth-order valence-corrected chi connectivity index (χ4v) is 4.05. The SMILES string of the molecule is CCCCCCCCCCCCC(CCCCCCCCC)OP(O)O. The maximum Gasteiger partial charge on any atom is 0.327 e. The zero-order valence-electron chi connectivity index (χ0n) is 17.8. The Morgan fingerprint density at radius 1 is 0.538 bits per heavy atom. The van der Waals surface area contributed by atoms with Gasteiger partial charge in [0, 0.05) is 0 Å². The number of rotatable bonds is 21. The summed E-state index contributed by atoms with van der Waals surface area (Å²) in [5, 5.41) is 0. The van der Waals surface area contributed by atoms with Crippen LogP contribution in [0.25, 0.3) is 0 Å². The van der Waals surface area contributed by atoms with Gasteiger partial charge in [-0.3, -0.25) is 0 Å². The molecular formula is C22H47O3P. The van der Waals surface area contributed by atoms with Crippen LogP contribution >= 0.6 is 8.60 Å². The third-order valence-corrected chi connectivity index (χ3v) is 5.74. The van der Waals surface area contributed by atoms with E-state index in [1.165, 1.54) is 96.3 Å². The molecule has 0 aliphatic rings. The number of hydrogen-bond acceptors (Lipinski definition) is 3. The Kier molecular flexibility index (Phi) is 21.9. The van der Waals surface area contributed by atoms with Crippen LogP contribution in [0.15, 0.2) is 0 Å². The van der Waals surface area contributed by atoms with Crippen LogP contribution in [0.2, 0.25) is 0 Å². The van der Waals surface area contributed by atoms with Crippen molar-refractivity contribution >= 4 is 8.60 Å². The summed E-state index contributed by atoms with van der Waals surface area (Å²) in [6, 6.07) is 0. The molecule has 0 aromatic carbocycles. The first-order valence-corrected chi connectivity index (χ1v) is 12.7. The van der Waals surface area contributed by atoms with E-state index in [0.29, 0.717) is 0 Å². The average molecular weight is 391 g/mol. The van der Waals surface area contributed by atoms with Gasteiger partial charge < -0.3 is 14.3 Å². The Morgan fingerprint density at radius 2 is 0.846 bits per heavy atom. The lowest BCUT2D eigenvalue weighted by Gasteiger charge is -2.17. The summed E-state index contributed by atoms with van der Waals surface area (Å²) in [4.78, 5) is 18.4. The molecule has 0 aliphatic carbocycles. The van der Waals surface area contributed by atoms with Crippen LogP contribution in [0.4, 0.5) is 0 Å². The summed E-state index contributed by atoms with van der Waals surface area (Å²) in [6.07, 6.45) is 24.4. The molecule has 158 valence electrons. The second-order valence-electron chi connectivity index (χ2n) is 7.86. The van der Waals surface area contributed by atoms with Crippen molar-refractivity contribution in [2.45, 2.75) is 142 Å². The fourth-order valence-electron chi connectivity index (χ4n) is 3.57. The van der Waals surface area contributed by atoms with E-state index in [9.17, 15) is 9.79 Å². The molecular weight excluding hydrogens is 343 g/mol. The minimum absolute atomic E-state index is 0.0424. The molecule has 1 unspecified atom stereocenters.